The Morgan fingerprint density at radius 2 is 0.940 bits per heavy atom. The van der Waals surface area contributed by atoms with Crippen molar-refractivity contribution in [1.29, 1.82) is 0 Å². The molecule has 0 bridgehead atoms. The highest BCUT2D eigenvalue weighted by Gasteiger charge is 2.18. The Morgan fingerprint density at radius 1 is 0.540 bits per heavy atom. The van der Waals surface area contributed by atoms with Crippen LogP contribution in [-0.4, -0.2) is 47.4 Å². The number of aliphatic hydroxyl groups is 2. The number of allylic oxidation sites excluding steroid dienone is 3. The van der Waals surface area contributed by atoms with E-state index in [0.29, 0.717) is 19.4 Å². The monoisotopic (exact) mass is 706 g/mol. The number of esters is 1. The molecule has 0 aromatic rings. The van der Waals surface area contributed by atoms with Crippen molar-refractivity contribution in [2.45, 2.75) is 231 Å². The number of rotatable bonds is 39. The Hall–Kier alpha value is -1.66. The number of ether oxygens (including phenoxy) is 1. The highest BCUT2D eigenvalue weighted by atomic mass is 16.5. The molecule has 0 aliphatic heterocycles. The average Bonchev–Trinajstić information content (AvgIpc) is 3.11. The quantitative estimate of drug-likeness (QED) is 0.0336. The predicted molar refractivity (Wildman–Crippen MR) is 213 cm³/mol. The third kappa shape index (κ3) is 36.1. The van der Waals surface area contributed by atoms with Gasteiger partial charge in [0.25, 0.3) is 0 Å². The molecule has 0 aliphatic rings. The average molecular weight is 706 g/mol. The Bertz CT molecular complexity index is 782. The minimum absolute atomic E-state index is 0.0345. The molecule has 0 spiro atoms. The molecule has 0 saturated carbocycles. The van der Waals surface area contributed by atoms with E-state index in [-0.39, 0.29) is 18.5 Å². The van der Waals surface area contributed by atoms with Gasteiger partial charge in [-0.05, 0) is 57.8 Å². The van der Waals surface area contributed by atoms with Crippen LogP contribution in [0.1, 0.15) is 219 Å². The Labute approximate surface area is 310 Å². The van der Waals surface area contributed by atoms with E-state index in [9.17, 15) is 19.8 Å². The van der Waals surface area contributed by atoms with Gasteiger partial charge in [-0.2, -0.15) is 0 Å². The fraction of sp³-hybridized carbons (Fsp3) is 0.864. The maximum atomic E-state index is 12.3. The van der Waals surface area contributed by atoms with Crippen molar-refractivity contribution in [1.82, 2.24) is 5.32 Å². The first kappa shape index (κ1) is 48.3. The number of nitrogens with one attached hydrogen (secondary N) is 1. The number of hydrogen-bond donors (Lipinski definition) is 3. The lowest BCUT2D eigenvalue weighted by molar-refractivity contribution is -0.143. The van der Waals surface area contributed by atoms with Gasteiger partial charge in [-0.15, -0.1) is 0 Å². The van der Waals surface area contributed by atoms with Gasteiger partial charge >= 0.3 is 5.97 Å². The van der Waals surface area contributed by atoms with E-state index in [1.807, 2.05) is 6.08 Å². The highest BCUT2D eigenvalue weighted by molar-refractivity contribution is 5.76. The van der Waals surface area contributed by atoms with E-state index >= 15 is 0 Å². The predicted octanol–water partition coefficient (Wildman–Crippen LogP) is 12.0. The van der Waals surface area contributed by atoms with E-state index in [0.717, 1.165) is 83.5 Å². The zero-order valence-electron chi connectivity index (χ0n) is 33.1. The number of carbonyl (C=O) groups excluding carboxylic acids is 2. The Kier molecular flexibility index (Phi) is 38.8. The molecular weight excluding hydrogens is 622 g/mol. The van der Waals surface area contributed by atoms with Crippen molar-refractivity contribution in [2.24, 2.45) is 0 Å². The molecule has 0 aromatic carbocycles. The van der Waals surface area contributed by atoms with Gasteiger partial charge < -0.3 is 20.3 Å². The van der Waals surface area contributed by atoms with Crippen LogP contribution in [0.25, 0.3) is 0 Å². The van der Waals surface area contributed by atoms with E-state index in [4.69, 9.17) is 4.74 Å². The third-order valence-corrected chi connectivity index (χ3v) is 9.72. The summed E-state index contributed by atoms with van der Waals surface area (Å²) in [6, 6.07) is -0.646. The van der Waals surface area contributed by atoms with Crippen molar-refractivity contribution in [3.8, 4) is 0 Å². The molecular formula is C44H83NO5. The lowest BCUT2D eigenvalue weighted by Crippen LogP contribution is -2.45. The number of hydrogen-bond acceptors (Lipinski definition) is 5. The van der Waals surface area contributed by atoms with Crippen molar-refractivity contribution in [3.05, 3.63) is 24.3 Å². The van der Waals surface area contributed by atoms with Gasteiger partial charge in [0.15, 0.2) is 0 Å². The highest BCUT2D eigenvalue weighted by Crippen LogP contribution is 2.14. The fourth-order valence-corrected chi connectivity index (χ4v) is 6.33. The van der Waals surface area contributed by atoms with Crippen LogP contribution in [0, 0.1) is 0 Å². The summed E-state index contributed by atoms with van der Waals surface area (Å²) in [7, 11) is 0. The maximum Gasteiger partial charge on any atom is 0.305 e. The fourth-order valence-electron chi connectivity index (χ4n) is 6.33. The molecule has 0 saturated heterocycles. The molecule has 1 amide bonds. The lowest BCUT2D eigenvalue weighted by atomic mass is 10.1. The summed E-state index contributed by atoms with van der Waals surface area (Å²) >= 11 is 0. The first-order valence-corrected chi connectivity index (χ1v) is 21.6. The molecule has 6 nitrogen and oxygen atoms in total. The molecule has 6 heteroatoms. The molecule has 0 fully saturated rings. The molecule has 0 aromatic heterocycles. The molecule has 2 atom stereocenters. The maximum absolute atomic E-state index is 12.3. The van der Waals surface area contributed by atoms with Gasteiger partial charge in [0.2, 0.25) is 5.91 Å². The van der Waals surface area contributed by atoms with Gasteiger partial charge in [-0.25, -0.2) is 0 Å². The molecule has 0 radical (unpaired) electrons. The first-order valence-electron chi connectivity index (χ1n) is 21.6. The number of amides is 1. The molecule has 50 heavy (non-hydrogen) atoms. The van der Waals surface area contributed by atoms with E-state index in [1.54, 1.807) is 6.08 Å². The van der Waals surface area contributed by atoms with Crippen LogP contribution in [0.4, 0.5) is 0 Å². The van der Waals surface area contributed by atoms with E-state index in [2.05, 4.69) is 31.3 Å². The van der Waals surface area contributed by atoms with Gasteiger partial charge in [-0.3, -0.25) is 9.59 Å². The summed E-state index contributed by atoms with van der Waals surface area (Å²) in [5.74, 6) is -0.134. The van der Waals surface area contributed by atoms with Crippen LogP contribution in [0.15, 0.2) is 24.3 Å². The number of aliphatic hydroxyl groups excluding tert-OH is 2. The molecule has 0 heterocycles. The minimum Gasteiger partial charge on any atom is -0.466 e. The first-order chi connectivity index (χ1) is 24.5. The second-order valence-corrected chi connectivity index (χ2v) is 14.7. The smallest absolute Gasteiger partial charge is 0.305 e. The van der Waals surface area contributed by atoms with Gasteiger partial charge in [0.05, 0.1) is 25.4 Å². The van der Waals surface area contributed by atoms with Crippen molar-refractivity contribution >= 4 is 11.9 Å². The zero-order chi connectivity index (χ0) is 36.6. The molecule has 0 aliphatic carbocycles. The van der Waals surface area contributed by atoms with Gasteiger partial charge in [0.1, 0.15) is 0 Å². The Balaban J connectivity index is 3.57. The summed E-state index contributed by atoms with van der Waals surface area (Å²) in [6.45, 7) is 4.79. The second-order valence-electron chi connectivity index (χ2n) is 14.7. The lowest BCUT2D eigenvalue weighted by Gasteiger charge is -2.20. The van der Waals surface area contributed by atoms with E-state index in [1.165, 1.54) is 109 Å². The van der Waals surface area contributed by atoms with Gasteiger partial charge in [-0.1, -0.05) is 173 Å². The summed E-state index contributed by atoms with van der Waals surface area (Å²) in [5.41, 5.74) is 0. The largest absolute Gasteiger partial charge is 0.466 e. The molecule has 294 valence electrons. The molecule has 2 unspecified atom stereocenters. The van der Waals surface area contributed by atoms with Crippen LogP contribution in [0.3, 0.4) is 0 Å². The number of unbranched alkanes of at least 4 members (excludes halogenated alkanes) is 26. The molecule has 0 rings (SSSR count). The third-order valence-electron chi connectivity index (χ3n) is 9.72. The summed E-state index contributed by atoms with van der Waals surface area (Å²) in [5, 5.41) is 22.9. The summed E-state index contributed by atoms with van der Waals surface area (Å²) in [6.07, 6.45) is 44.5. The van der Waals surface area contributed by atoms with Crippen LogP contribution >= 0.6 is 0 Å². The van der Waals surface area contributed by atoms with Crippen LogP contribution in [0.2, 0.25) is 0 Å². The van der Waals surface area contributed by atoms with Crippen LogP contribution in [-0.2, 0) is 14.3 Å². The van der Waals surface area contributed by atoms with Crippen molar-refractivity contribution in [3.63, 3.8) is 0 Å². The standard InChI is InChI=1S/C44H83NO5/c1-3-5-7-9-11-13-16-20-24-28-32-36-42(47)41(40-46)45-43(48)37-33-29-25-21-18-15-19-23-27-31-35-39-50-44(49)38-34-30-26-22-17-14-12-10-8-6-4-2/h19,23,32,36,41-42,46-47H,3-18,20-22,24-31,33-35,37-40H2,1-2H3,(H,45,48)/b23-19-,36-32+. The Morgan fingerprint density at radius 3 is 1.42 bits per heavy atom. The normalized spacial score (nSPS) is 13.0. The number of carbonyl (C=O) groups is 2. The van der Waals surface area contributed by atoms with Crippen LogP contribution < -0.4 is 5.32 Å². The summed E-state index contributed by atoms with van der Waals surface area (Å²) in [4.78, 5) is 24.3. The zero-order valence-corrected chi connectivity index (χ0v) is 33.1. The van der Waals surface area contributed by atoms with E-state index < -0.39 is 12.1 Å². The van der Waals surface area contributed by atoms with Crippen molar-refractivity contribution < 1.29 is 24.5 Å². The SMILES string of the molecule is CCCCCCCCCCC/C=C/C(O)C(CO)NC(=O)CCCCCCC/C=C\CCCCOC(=O)CCCCCCCCCCCCC. The second kappa shape index (κ2) is 40.1. The van der Waals surface area contributed by atoms with Crippen LogP contribution in [0.5, 0.6) is 0 Å². The molecule has 3 N–H and O–H groups in total. The summed E-state index contributed by atoms with van der Waals surface area (Å²) < 4.78 is 5.40. The minimum atomic E-state index is -0.859. The topological polar surface area (TPSA) is 95.9 Å². The van der Waals surface area contributed by atoms with Crippen molar-refractivity contribution in [2.75, 3.05) is 13.2 Å². The van der Waals surface area contributed by atoms with Gasteiger partial charge in [0, 0.05) is 12.8 Å².